The summed E-state index contributed by atoms with van der Waals surface area (Å²) in [6, 6.07) is 0. The minimum Gasteiger partial charge on any atom is -0.301 e. The Bertz CT molecular complexity index is 356. The Morgan fingerprint density at radius 1 is 1.53 bits per heavy atom. The average Bonchev–Trinajstić information content (AvgIpc) is 2.67. The van der Waals surface area contributed by atoms with Gasteiger partial charge in [-0.15, -0.1) is 11.3 Å². The summed E-state index contributed by atoms with van der Waals surface area (Å²) < 4.78 is 0. The van der Waals surface area contributed by atoms with Crippen LogP contribution in [0.1, 0.15) is 20.3 Å². The van der Waals surface area contributed by atoms with Crippen molar-refractivity contribution in [3.8, 4) is 0 Å². The molecule has 1 amide bonds. The first kappa shape index (κ1) is 12.5. The van der Waals surface area contributed by atoms with Gasteiger partial charge in [0.15, 0.2) is 5.13 Å². The van der Waals surface area contributed by atoms with Crippen LogP contribution < -0.4 is 5.32 Å². The highest BCUT2D eigenvalue weighted by molar-refractivity contribution is 7.13. The standard InChI is InChI=1S/C12H19N3OS/c1-9-5-10(2)7-15(6-9)8-11(16)14-12-13-3-4-17-12/h3-4,9-10H,5-8H2,1-2H3,(H,13,14,16)/t9-,10-/m0/s1. The largest absolute Gasteiger partial charge is 0.301 e. The van der Waals surface area contributed by atoms with E-state index in [9.17, 15) is 4.79 Å². The number of thiazole rings is 1. The van der Waals surface area contributed by atoms with Gasteiger partial charge in [0.25, 0.3) is 0 Å². The van der Waals surface area contributed by atoms with Crippen molar-refractivity contribution in [3.05, 3.63) is 11.6 Å². The molecule has 1 aromatic rings. The van der Waals surface area contributed by atoms with E-state index in [0.717, 1.165) is 13.1 Å². The first-order valence-corrected chi connectivity index (χ1v) is 6.93. The monoisotopic (exact) mass is 253 g/mol. The Balaban J connectivity index is 1.82. The lowest BCUT2D eigenvalue weighted by Crippen LogP contribution is -2.42. The highest BCUT2D eigenvalue weighted by Gasteiger charge is 2.23. The van der Waals surface area contributed by atoms with Crippen molar-refractivity contribution in [2.75, 3.05) is 25.0 Å². The summed E-state index contributed by atoms with van der Waals surface area (Å²) in [5.41, 5.74) is 0. The number of rotatable bonds is 3. The van der Waals surface area contributed by atoms with Crippen molar-refractivity contribution in [1.29, 1.82) is 0 Å². The molecule has 0 spiro atoms. The smallest absolute Gasteiger partial charge is 0.240 e. The van der Waals surface area contributed by atoms with Crippen molar-refractivity contribution in [2.24, 2.45) is 11.8 Å². The second-order valence-corrected chi connectivity index (χ2v) is 5.92. The van der Waals surface area contributed by atoms with E-state index in [-0.39, 0.29) is 5.91 Å². The van der Waals surface area contributed by atoms with E-state index >= 15 is 0 Å². The zero-order valence-corrected chi connectivity index (χ0v) is 11.2. The van der Waals surface area contributed by atoms with Gasteiger partial charge in [-0.3, -0.25) is 9.69 Å². The first-order valence-electron chi connectivity index (χ1n) is 6.05. The molecule has 1 N–H and O–H groups in total. The number of amides is 1. The van der Waals surface area contributed by atoms with Crippen LogP contribution in [0.3, 0.4) is 0 Å². The number of anilines is 1. The molecule has 0 unspecified atom stereocenters. The summed E-state index contributed by atoms with van der Waals surface area (Å²) in [5.74, 6) is 1.42. The quantitative estimate of drug-likeness (QED) is 0.897. The van der Waals surface area contributed by atoms with Gasteiger partial charge < -0.3 is 5.32 Å². The van der Waals surface area contributed by atoms with Crippen LogP contribution in [0, 0.1) is 11.8 Å². The maximum Gasteiger partial charge on any atom is 0.240 e. The molecule has 0 bridgehead atoms. The molecule has 5 heteroatoms. The van der Waals surface area contributed by atoms with Crippen LogP contribution in [0.15, 0.2) is 11.6 Å². The van der Waals surface area contributed by atoms with Crippen LogP contribution >= 0.6 is 11.3 Å². The van der Waals surface area contributed by atoms with Crippen molar-refractivity contribution in [1.82, 2.24) is 9.88 Å². The van der Waals surface area contributed by atoms with Gasteiger partial charge in [-0.05, 0) is 18.3 Å². The van der Waals surface area contributed by atoms with Crippen LogP contribution in [-0.2, 0) is 4.79 Å². The number of aromatic nitrogens is 1. The number of hydrogen-bond donors (Lipinski definition) is 1. The van der Waals surface area contributed by atoms with Crippen LogP contribution in [0.2, 0.25) is 0 Å². The molecule has 2 rings (SSSR count). The molecule has 0 aromatic carbocycles. The van der Waals surface area contributed by atoms with E-state index in [1.54, 1.807) is 6.20 Å². The maximum absolute atomic E-state index is 11.8. The Labute approximate surface area is 106 Å². The molecule has 1 aromatic heterocycles. The molecule has 94 valence electrons. The fraction of sp³-hybridized carbons (Fsp3) is 0.667. The molecule has 0 saturated carbocycles. The van der Waals surface area contributed by atoms with E-state index in [1.807, 2.05) is 5.38 Å². The molecule has 4 nitrogen and oxygen atoms in total. The maximum atomic E-state index is 11.8. The van der Waals surface area contributed by atoms with Crippen molar-refractivity contribution >= 4 is 22.4 Å². The number of piperidine rings is 1. The summed E-state index contributed by atoms with van der Waals surface area (Å²) in [6.45, 7) is 7.03. The lowest BCUT2D eigenvalue weighted by atomic mass is 9.92. The van der Waals surface area contributed by atoms with Crippen LogP contribution in [-0.4, -0.2) is 35.4 Å². The third-order valence-electron chi connectivity index (χ3n) is 2.99. The zero-order valence-electron chi connectivity index (χ0n) is 10.3. The molecular formula is C12H19N3OS. The zero-order chi connectivity index (χ0) is 12.3. The van der Waals surface area contributed by atoms with Crippen LogP contribution in [0.4, 0.5) is 5.13 Å². The van der Waals surface area contributed by atoms with E-state index < -0.39 is 0 Å². The Morgan fingerprint density at radius 3 is 2.82 bits per heavy atom. The first-order chi connectivity index (χ1) is 8.13. The molecule has 1 aliphatic heterocycles. The van der Waals surface area contributed by atoms with Crippen LogP contribution in [0.25, 0.3) is 0 Å². The summed E-state index contributed by atoms with van der Waals surface area (Å²) in [5, 5.41) is 5.38. The minimum atomic E-state index is 0.0428. The highest BCUT2D eigenvalue weighted by atomic mass is 32.1. The van der Waals surface area contributed by atoms with Crippen LogP contribution in [0.5, 0.6) is 0 Å². The lowest BCUT2D eigenvalue weighted by molar-refractivity contribution is -0.117. The highest BCUT2D eigenvalue weighted by Crippen LogP contribution is 2.20. The van der Waals surface area contributed by atoms with Gasteiger partial charge in [0, 0.05) is 24.7 Å². The summed E-state index contributed by atoms with van der Waals surface area (Å²) in [6.07, 6.45) is 2.97. The van der Waals surface area contributed by atoms with Gasteiger partial charge in [0.1, 0.15) is 0 Å². The Hall–Kier alpha value is -0.940. The van der Waals surface area contributed by atoms with Gasteiger partial charge in [-0.25, -0.2) is 4.98 Å². The lowest BCUT2D eigenvalue weighted by Gasteiger charge is -2.34. The molecular weight excluding hydrogens is 234 g/mol. The molecule has 1 aliphatic rings. The molecule has 0 aliphatic carbocycles. The van der Waals surface area contributed by atoms with Gasteiger partial charge in [0.05, 0.1) is 6.54 Å². The summed E-state index contributed by atoms with van der Waals surface area (Å²) in [7, 11) is 0. The summed E-state index contributed by atoms with van der Waals surface area (Å²) in [4.78, 5) is 18.1. The minimum absolute atomic E-state index is 0.0428. The topological polar surface area (TPSA) is 45.2 Å². The van der Waals surface area contributed by atoms with Gasteiger partial charge >= 0.3 is 0 Å². The van der Waals surface area contributed by atoms with Gasteiger partial charge in [-0.2, -0.15) is 0 Å². The van der Waals surface area contributed by atoms with E-state index in [4.69, 9.17) is 0 Å². The second-order valence-electron chi connectivity index (χ2n) is 5.03. The fourth-order valence-electron chi connectivity index (χ4n) is 2.57. The number of carbonyl (C=O) groups is 1. The number of nitrogens with zero attached hydrogens (tertiary/aromatic N) is 2. The molecule has 17 heavy (non-hydrogen) atoms. The molecule has 2 heterocycles. The van der Waals surface area contributed by atoms with Gasteiger partial charge in [-0.1, -0.05) is 13.8 Å². The fourth-order valence-corrected chi connectivity index (χ4v) is 3.11. The third-order valence-corrected chi connectivity index (χ3v) is 3.68. The van der Waals surface area contributed by atoms with Crippen molar-refractivity contribution < 1.29 is 4.79 Å². The molecule has 1 fully saturated rings. The predicted octanol–water partition coefficient (Wildman–Crippen LogP) is 2.06. The van der Waals surface area contributed by atoms with E-state index in [1.165, 1.54) is 17.8 Å². The molecule has 2 atom stereocenters. The normalized spacial score (nSPS) is 25.8. The average molecular weight is 253 g/mol. The second kappa shape index (κ2) is 5.60. The van der Waals surface area contributed by atoms with E-state index in [0.29, 0.717) is 23.5 Å². The number of carbonyl (C=O) groups excluding carboxylic acids is 1. The third kappa shape index (κ3) is 3.78. The van der Waals surface area contributed by atoms with Gasteiger partial charge in [0.2, 0.25) is 5.91 Å². The van der Waals surface area contributed by atoms with Crippen molar-refractivity contribution in [2.45, 2.75) is 20.3 Å². The summed E-state index contributed by atoms with van der Waals surface area (Å²) >= 11 is 1.45. The number of hydrogen-bond acceptors (Lipinski definition) is 4. The van der Waals surface area contributed by atoms with E-state index in [2.05, 4.69) is 29.0 Å². The predicted molar refractivity (Wildman–Crippen MR) is 70.1 cm³/mol. The Morgan fingerprint density at radius 2 is 2.24 bits per heavy atom. The SMILES string of the molecule is C[C@H]1C[C@H](C)CN(CC(=O)Nc2nccs2)C1. The Kier molecular flexibility index (Phi) is 4.12. The van der Waals surface area contributed by atoms with Crippen molar-refractivity contribution in [3.63, 3.8) is 0 Å². The molecule has 0 radical (unpaired) electrons. The number of likely N-dealkylation sites (tertiary alicyclic amines) is 1. The number of nitrogens with one attached hydrogen (secondary N) is 1. The molecule has 1 saturated heterocycles.